The molecular formula is C9H6ClNO3. The number of esters is 1. The van der Waals surface area contributed by atoms with Crippen molar-refractivity contribution in [1.29, 1.82) is 0 Å². The largest absolute Gasteiger partial charge is 0.426 e. The summed E-state index contributed by atoms with van der Waals surface area (Å²) in [6.45, 7) is 0. The molecule has 0 saturated heterocycles. The average molecular weight is 212 g/mol. The number of ether oxygens (including phenoxy) is 1. The van der Waals surface area contributed by atoms with E-state index in [1.54, 1.807) is 0 Å². The average Bonchev–Trinajstić information content (AvgIpc) is 2.21. The Labute approximate surface area is 85.2 Å². The first-order chi connectivity index (χ1) is 6.76. The monoisotopic (exact) mass is 211 g/mol. The summed E-state index contributed by atoms with van der Waals surface area (Å²) >= 11 is 5.24. The third kappa shape index (κ3) is 3.01. The minimum atomic E-state index is -0.529. The van der Waals surface area contributed by atoms with E-state index < -0.39 is 5.97 Å². The zero-order chi connectivity index (χ0) is 10.4. The Morgan fingerprint density at radius 1 is 1.43 bits per heavy atom. The van der Waals surface area contributed by atoms with Crippen LogP contribution < -0.4 is 4.74 Å². The van der Waals surface area contributed by atoms with Crippen molar-refractivity contribution < 1.29 is 14.3 Å². The normalized spacial score (nSPS) is 8.93. The molecule has 0 spiro atoms. The molecule has 1 rings (SSSR count). The zero-order valence-electron chi connectivity index (χ0n) is 7.07. The first-order valence-electron chi connectivity index (χ1n) is 3.71. The molecule has 0 atom stereocenters. The molecule has 0 bridgehead atoms. The minimum Gasteiger partial charge on any atom is -0.426 e. The molecule has 5 heteroatoms. The van der Waals surface area contributed by atoms with Gasteiger partial charge in [-0.15, -0.1) is 11.6 Å². The Bertz CT molecular complexity index is 368. The number of halogens is 1. The number of benzene rings is 1. The van der Waals surface area contributed by atoms with Gasteiger partial charge in [-0.1, -0.05) is 0 Å². The molecule has 0 saturated carbocycles. The maximum Gasteiger partial charge on any atom is 0.326 e. The molecule has 0 aromatic heterocycles. The minimum absolute atomic E-state index is 0.200. The summed E-state index contributed by atoms with van der Waals surface area (Å²) in [7, 11) is 0. The van der Waals surface area contributed by atoms with Crippen molar-refractivity contribution in [2.75, 3.05) is 5.88 Å². The van der Waals surface area contributed by atoms with E-state index in [2.05, 4.69) is 4.99 Å². The molecule has 0 amide bonds. The smallest absolute Gasteiger partial charge is 0.326 e. The van der Waals surface area contributed by atoms with Crippen molar-refractivity contribution in [1.82, 2.24) is 0 Å². The van der Waals surface area contributed by atoms with E-state index in [4.69, 9.17) is 16.3 Å². The molecule has 1 aromatic carbocycles. The number of aliphatic imine (C=N–C) groups is 1. The van der Waals surface area contributed by atoms with E-state index in [1.165, 1.54) is 30.3 Å². The summed E-state index contributed by atoms with van der Waals surface area (Å²) in [5.41, 5.74) is 0.450. The van der Waals surface area contributed by atoms with Gasteiger partial charge in [0.2, 0.25) is 6.08 Å². The summed E-state index contributed by atoms with van der Waals surface area (Å²) in [4.78, 5) is 24.0. The Balaban J connectivity index is 2.73. The van der Waals surface area contributed by atoms with Gasteiger partial charge in [-0.25, -0.2) is 4.79 Å². The van der Waals surface area contributed by atoms with E-state index in [1.807, 2.05) is 0 Å². The Morgan fingerprint density at radius 3 is 2.57 bits per heavy atom. The molecule has 0 aliphatic carbocycles. The number of alkyl halides is 1. The molecule has 0 fully saturated rings. The highest BCUT2D eigenvalue weighted by Gasteiger charge is 2.01. The number of isocyanates is 1. The molecule has 0 aliphatic rings. The maximum absolute atomic E-state index is 10.8. The van der Waals surface area contributed by atoms with Crippen LogP contribution in [0.5, 0.6) is 5.75 Å². The summed E-state index contributed by atoms with van der Waals surface area (Å²) in [6.07, 6.45) is 1.40. The van der Waals surface area contributed by atoms with Crippen LogP contribution in [0.1, 0.15) is 0 Å². The van der Waals surface area contributed by atoms with Gasteiger partial charge in [0.05, 0.1) is 5.69 Å². The van der Waals surface area contributed by atoms with Gasteiger partial charge in [0.25, 0.3) is 0 Å². The summed E-state index contributed by atoms with van der Waals surface area (Å²) in [5.74, 6) is -0.368. The molecule has 0 heterocycles. The lowest BCUT2D eigenvalue weighted by atomic mass is 10.3. The molecule has 4 nitrogen and oxygen atoms in total. The van der Waals surface area contributed by atoms with Gasteiger partial charge < -0.3 is 4.74 Å². The third-order valence-electron chi connectivity index (χ3n) is 1.35. The van der Waals surface area contributed by atoms with Gasteiger partial charge in [0.15, 0.2) is 0 Å². The number of rotatable bonds is 3. The van der Waals surface area contributed by atoms with Crippen LogP contribution in [0.2, 0.25) is 0 Å². The summed E-state index contributed by atoms with van der Waals surface area (Å²) in [5, 5.41) is 0. The van der Waals surface area contributed by atoms with E-state index in [9.17, 15) is 9.59 Å². The van der Waals surface area contributed by atoms with Crippen molar-refractivity contribution in [2.45, 2.75) is 0 Å². The highest BCUT2D eigenvalue weighted by atomic mass is 35.5. The molecule has 0 N–H and O–H groups in total. The van der Waals surface area contributed by atoms with Gasteiger partial charge >= 0.3 is 5.97 Å². The van der Waals surface area contributed by atoms with Crippen LogP contribution >= 0.6 is 11.6 Å². The fourth-order valence-electron chi connectivity index (χ4n) is 0.800. The molecule has 0 radical (unpaired) electrons. The first kappa shape index (κ1) is 10.4. The second-order valence-corrected chi connectivity index (χ2v) is 2.57. The molecule has 14 heavy (non-hydrogen) atoms. The van der Waals surface area contributed by atoms with E-state index in [0.717, 1.165) is 0 Å². The molecule has 72 valence electrons. The van der Waals surface area contributed by atoms with Crippen molar-refractivity contribution in [3.63, 3.8) is 0 Å². The Kier molecular flexibility index (Phi) is 3.85. The number of carbonyl (C=O) groups is 1. The summed E-state index contributed by atoms with van der Waals surface area (Å²) < 4.78 is 4.79. The Morgan fingerprint density at radius 2 is 2.07 bits per heavy atom. The topological polar surface area (TPSA) is 55.7 Å². The predicted molar refractivity (Wildman–Crippen MR) is 50.6 cm³/mol. The number of hydrogen-bond acceptors (Lipinski definition) is 4. The van der Waals surface area contributed by atoms with Crippen LogP contribution in [-0.4, -0.2) is 17.9 Å². The highest BCUT2D eigenvalue weighted by Crippen LogP contribution is 2.17. The quantitative estimate of drug-likeness (QED) is 0.252. The lowest BCUT2D eigenvalue weighted by Gasteiger charge is -2.00. The Hall–Kier alpha value is -1.64. The first-order valence-corrected chi connectivity index (χ1v) is 4.24. The van der Waals surface area contributed by atoms with Crippen LogP contribution in [-0.2, 0) is 9.59 Å². The molecule has 0 aliphatic heterocycles. The van der Waals surface area contributed by atoms with E-state index in [-0.39, 0.29) is 5.88 Å². The fourth-order valence-corrected chi connectivity index (χ4v) is 0.855. The van der Waals surface area contributed by atoms with Gasteiger partial charge in [-0.05, 0) is 24.3 Å². The van der Waals surface area contributed by atoms with Crippen LogP contribution in [0.25, 0.3) is 0 Å². The lowest BCUT2D eigenvalue weighted by Crippen LogP contribution is -2.08. The second kappa shape index (κ2) is 5.17. The lowest BCUT2D eigenvalue weighted by molar-refractivity contribution is -0.131. The van der Waals surface area contributed by atoms with E-state index >= 15 is 0 Å². The van der Waals surface area contributed by atoms with Gasteiger partial charge in [-0.3, -0.25) is 4.79 Å². The maximum atomic E-state index is 10.8. The van der Waals surface area contributed by atoms with E-state index in [0.29, 0.717) is 11.4 Å². The predicted octanol–water partition coefficient (Wildman–Crippen LogP) is 1.80. The number of carbonyl (C=O) groups excluding carboxylic acids is 2. The van der Waals surface area contributed by atoms with Gasteiger partial charge in [0.1, 0.15) is 11.6 Å². The second-order valence-electron chi connectivity index (χ2n) is 2.30. The van der Waals surface area contributed by atoms with Crippen LogP contribution in [0.15, 0.2) is 29.3 Å². The highest BCUT2D eigenvalue weighted by molar-refractivity contribution is 6.26. The van der Waals surface area contributed by atoms with Crippen molar-refractivity contribution in [2.24, 2.45) is 4.99 Å². The molecule has 1 aromatic rings. The third-order valence-corrected chi connectivity index (χ3v) is 1.57. The van der Waals surface area contributed by atoms with Crippen molar-refractivity contribution >= 4 is 29.3 Å². The van der Waals surface area contributed by atoms with Gasteiger partial charge in [-0.2, -0.15) is 4.99 Å². The number of hydrogen-bond donors (Lipinski definition) is 0. The number of nitrogens with zero attached hydrogens (tertiary/aromatic N) is 1. The van der Waals surface area contributed by atoms with Gasteiger partial charge in [0, 0.05) is 0 Å². The SMILES string of the molecule is O=C=Nc1ccc(OC(=O)CCl)cc1. The summed E-state index contributed by atoms with van der Waals surface area (Å²) in [6, 6.07) is 6.09. The van der Waals surface area contributed by atoms with Crippen LogP contribution in [0, 0.1) is 0 Å². The molecular weight excluding hydrogens is 206 g/mol. The standard InChI is InChI=1S/C9H6ClNO3/c10-5-9(13)14-8-3-1-7(2-4-8)11-6-12/h1-4H,5H2. The van der Waals surface area contributed by atoms with Crippen molar-refractivity contribution in [3.05, 3.63) is 24.3 Å². The zero-order valence-corrected chi connectivity index (χ0v) is 7.82. The van der Waals surface area contributed by atoms with Crippen LogP contribution in [0.4, 0.5) is 5.69 Å². The van der Waals surface area contributed by atoms with Crippen LogP contribution in [0.3, 0.4) is 0 Å². The molecule has 0 unspecified atom stereocenters. The van der Waals surface area contributed by atoms with Crippen molar-refractivity contribution in [3.8, 4) is 5.75 Å². The fraction of sp³-hybridized carbons (Fsp3) is 0.111.